The Bertz CT molecular complexity index is 987. The molecule has 0 saturated carbocycles. The van der Waals surface area contributed by atoms with Crippen LogP contribution in [0.4, 0.5) is 0 Å². The number of benzene rings is 2. The standard InChI is InChI=1S/C24H25NO6/c1-27-19-10-7-16(14-21(19)29-3)24(17-8-11-20(28-2)22(15-17)30-4)25-23(26)12-9-18-6-5-13-31-18/h5-15,24H,1-4H3,(H,25,26). The number of amides is 1. The molecule has 0 saturated heterocycles. The van der Waals surface area contributed by atoms with Crippen molar-refractivity contribution in [2.24, 2.45) is 0 Å². The van der Waals surface area contributed by atoms with Crippen molar-refractivity contribution in [2.75, 3.05) is 28.4 Å². The van der Waals surface area contributed by atoms with Gasteiger partial charge in [-0.1, -0.05) is 12.1 Å². The topological polar surface area (TPSA) is 79.2 Å². The number of rotatable bonds is 9. The van der Waals surface area contributed by atoms with Crippen molar-refractivity contribution < 1.29 is 28.2 Å². The van der Waals surface area contributed by atoms with Gasteiger partial charge in [-0.25, -0.2) is 0 Å². The van der Waals surface area contributed by atoms with Crippen molar-refractivity contribution in [2.45, 2.75) is 6.04 Å². The maximum atomic E-state index is 12.7. The predicted molar refractivity (Wildman–Crippen MR) is 117 cm³/mol. The van der Waals surface area contributed by atoms with E-state index in [4.69, 9.17) is 23.4 Å². The van der Waals surface area contributed by atoms with Crippen molar-refractivity contribution in [1.29, 1.82) is 0 Å². The van der Waals surface area contributed by atoms with Gasteiger partial charge >= 0.3 is 0 Å². The highest BCUT2D eigenvalue weighted by Crippen LogP contribution is 2.35. The zero-order chi connectivity index (χ0) is 22.2. The van der Waals surface area contributed by atoms with Crippen molar-refractivity contribution in [3.8, 4) is 23.0 Å². The highest BCUT2D eigenvalue weighted by atomic mass is 16.5. The Hall–Kier alpha value is -3.87. The summed E-state index contributed by atoms with van der Waals surface area (Å²) in [6, 6.07) is 14.1. The molecule has 1 N–H and O–H groups in total. The van der Waals surface area contributed by atoms with E-state index >= 15 is 0 Å². The molecule has 1 amide bonds. The third-order valence-corrected chi connectivity index (χ3v) is 4.71. The van der Waals surface area contributed by atoms with Gasteiger partial charge in [0, 0.05) is 6.08 Å². The number of carbonyl (C=O) groups excluding carboxylic acids is 1. The Kier molecular flexibility index (Phi) is 7.22. The van der Waals surface area contributed by atoms with Gasteiger partial charge in [-0.15, -0.1) is 0 Å². The van der Waals surface area contributed by atoms with Gasteiger partial charge in [0.05, 0.1) is 40.7 Å². The molecule has 1 heterocycles. The zero-order valence-electron chi connectivity index (χ0n) is 17.9. The number of ether oxygens (including phenoxy) is 4. The van der Waals surface area contributed by atoms with Crippen LogP contribution in [0.3, 0.4) is 0 Å². The van der Waals surface area contributed by atoms with Crippen LogP contribution in [0.25, 0.3) is 6.08 Å². The minimum Gasteiger partial charge on any atom is -0.493 e. The molecule has 0 bridgehead atoms. The summed E-state index contributed by atoms with van der Waals surface area (Å²) in [5.74, 6) is 2.62. The molecule has 0 spiro atoms. The van der Waals surface area contributed by atoms with Crippen LogP contribution in [0.2, 0.25) is 0 Å². The van der Waals surface area contributed by atoms with E-state index < -0.39 is 6.04 Å². The number of carbonyl (C=O) groups is 1. The van der Waals surface area contributed by atoms with Gasteiger partial charge in [-0.05, 0) is 53.6 Å². The molecule has 0 atom stereocenters. The quantitative estimate of drug-likeness (QED) is 0.519. The van der Waals surface area contributed by atoms with Crippen LogP contribution in [0, 0.1) is 0 Å². The second-order valence-corrected chi connectivity index (χ2v) is 6.52. The maximum absolute atomic E-state index is 12.7. The van der Waals surface area contributed by atoms with Crippen molar-refractivity contribution in [1.82, 2.24) is 5.32 Å². The third kappa shape index (κ3) is 5.19. The molecule has 7 nitrogen and oxygen atoms in total. The summed E-state index contributed by atoms with van der Waals surface area (Å²) in [6.07, 6.45) is 4.58. The molecular weight excluding hydrogens is 398 g/mol. The molecule has 3 aromatic rings. The van der Waals surface area contributed by atoms with Crippen LogP contribution in [-0.4, -0.2) is 34.3 Å². The van der Waals surface area contributed by atoms with Gasteiger partial charge in [-0.2, -0.15) is 0 Å². The average Bonchev–Trinajstić information content (AvgIpc) is 3.34. The molecule has 0 fully saturated rings. The van der Waals surface area contributed by atoms with E-state index in [1.165, 1.54) is 6.08 Å². The Morgan fingerprint density at radius 1 is 0.839 bits per heavy atom. The van der Waals surface area contributed by atoms with E-state index in [2.05, 4.69) is 5.32 Å². The number of hydrogen-bond donors (Lipinski definition) is 1. The average molecular weight is 423 g/mol. The van der Waals surface area contributed by atoms with E-state index in [0.717, 1.165) is 11.1 Å². The molecule has 3 rings (SSSR count). The Balaban J connectivity index is 1.98. The second kappa shape index (κ2) is 10.2. The van der Waals surface area contributed by atoms with E-state index in [1.54, 1.807) is 65.0 Å². The van der Waals surface area contributed by atoms with Gasteiger partial charge in [-0.3, -0.25) is 4.79 Å². The summed E-state index contributed by atoms with van der Waals surface area (Å²) in [5.41, 5.74) is 1.62. The smallest absolute Gasteiger partial charge is 0.244 e. The van der Waals surface area contributed by atoms with Crippen molar-refractivity contribution in [3.05, 3.63) is 77.8 Å². The lowest BCUT2D eigenvalue weighted by Gasteiger charge is -2.21. The minimum absolute atomic E-state index is 0.286. The number of hydrogen-bond acceptors (Lipinski definition) is 6. The highest BCUT2D eigenvalue weighted by Gasteiger charge is 2.20. The molecule has 31 heavy (non-hydrogen) atoms. The fourth-order valence-electron chi connectivity index (χ4n) is 3.16. The molecular formula is C24H25NO6. The SMILES string of the molecule is COc1ccc(C(NC(=O)C=Cc2ccco2)c2ccc(OC)c(OC)c2)cc1OC. The van der Waals surface area contributed by atoms with Crippen LogP contribution in [0.1, 0.15) is 22.9 Å². The zero-order valence-corrected chi connectivity index (χ0v) is 17.9. The third-order valence-electron chi connectivity index (χ3n) is 4.71. The first-order valence-corrected chi connectivity index (χ1v) is 9.55. The van der Waals surface area contributed by atoms with E-state index in [-0.39, 0.29) is 5.91 Å². The monoisotopic (exact) mass is 423 g/mol. The molecule has 162 valence electrons. The summed E-state index contributed by atoms with van der Waals surface area (Å²) in [6.45, 7) is 0. The normalized spacial score (nSPS) is 10.9. The van der Waals surface area contributed by atoms with Crippen molar-refractivity contribution >= 4 is 12.0 Å². The Morgan fingerprint density at radius 3 is 1.84 bits per heavy atom. The van der Waals surface area contributed by atoms with E-state index in [9.17, 15) is 4.79 Å². The molecule has 0 aliphatic carbocycles. The van der Waals surface area contributed by atoms with E-state index in [0.29, 0.717) is 28.8 Å². The Morgan fingerprint density at radius 2 is 1.39 bits per heavy atom. The van der Waals surface area contributed by atoms with Crippen LogP contribution in [0.15, 0.2) is 65.3 Å². The lowest BCUT2D eigenvalue weighted by molar-refractivity contribution is -0.116. The fourth-order valence-corrected chi connectivity index (χ4v) is 3.16. The first kappa shape index (κ1) is 21.8. The molecule has 0 unspecified atom stereocenters. The summed E-state index contributed by atoms with van der Waals surface area (Å²) in [4.78, 5) is 12.7. The van der Waals surface area contributed by atoms with Crippen LogP contribution < -0.4 is 24.3 Å². The molecule has 0 aliphatic rings. The molecule has 2 aromatic carbocycles. The summed E-state index contributed by atoms with van der Waals surface area (Å²) < 4.78 is 26.8. The van der Waals surface area contributed by atoms with Crippen molar-refractivity contribution in [3.63, 3.8) is 0 Å². The van der Waals surface area contributed by atoms with Crippen LogP contribution in [-0.2, 0) is 4.79 Å². The molecule has 1 aromatic heterocycles. The number of furan rings is 1. The second-order valence-electron chi connectivity index (χ2n) is 6.52. The number of methoxy groups -OCH3 is 4. The van der Waals surface area contributed by atoms with Gasteiger partial charge in [0.15, 0.2) is 23.0 Å². The van der Waals surface area contributed by atoms with E-state index in [1.807, 2.05) is 24.3 Å². The highest BCUT2D eigenvalue weighted by molar-refractivity contribution is 5.92. The van der Waals surface area contributed by atoms with Gasteiger partial charge in [0.2, 0.25) is 5.91 Å². The van der Waals surface area contributed by atoms with Crippen LogP contribution >= 0.6 is 0 Å². The summed E-state index contributed by atoms with van der Waals surface area (Å²) in [5, 5.41) is 3.03. The van der Waals surface area contributed by atoms with Gasteiger partial charge < -0.3 is 28.7 Å². The molecule has 0 radical (unpaired) electrons. The van der Waals surface area contributed by atoms with Crippen LogP contribution in [0.5, 0.6) is 23.0 Å². The first-order valence-electron chi connectivity index (χ1n) is 9.55. The number of nitrogens with one attached hydrogen (secondary N) is 1. The Labute approximate surface area is 181 Å². The lowest BCUT2D eigenvalue weighted by Crippen LogP contribution is -2.27. The fraction of sp³-hybridized carbons (Fsp3) is 0.208. The summed E-state index contributed by atoms with van der Waals surface area (Å²) in [7, 11) is 6.28. The largest absolute Gasteiger partial charge is 0.493 e. The predicted octanol–water partition coefficient (Wildman–Crippen LogP) is 4.23. The maximum Gasteiger partial charge on any atom is 0.244 e. The minimum atomic E-state index is -0.478. The molecule has 0 aliphatic heterocycles. The first-order chi connectivity index (χ1) is 15.1. The van der Waals surface area contributed by atoms with Gasteiger partial charge in [0.1, 0.15) is 5.76 Å². The van der Waals surface area contributed by atoms with Gasteiger partial charge in [0.25, 0.3) is 0 Å². The lowest BCUT2D eigenvalue weighted by atomic mass is 9.97. The summed E-state index contributed by atoms with van der Waals surface area (Å²) >= 11 is 0. The molecule has 7 heteroatoms.